The van der Waals surface area contributed by atoms with E-state index in [1.165, 1.54) is 24.2 Å². The first-order valence-corrected chi connectivity index (χ1v) is 5.52. The molecule has 0 saturated heterocycles. The van der Waals surface area contributed by atoms with Crippen LogP contribution < -0.4 is 11.3 Å². The highest BCUT2D eigenvalue weighted by molar-refractivity contribution is 7.98. The van der Waals surface area contributed by atoms with E-state index >= 15 is 0 Å². The molecule has 0 aliphatic heterocycles. The molecule has 3 N–H and O–H groups in total. The van der Waals surface area contributed by atoms with Crippen LogP contribution in [-0.2, 0) is 5.75 Å². The number of thioether (sulfide) groups is 1. The van der Waals surface area contributed by atoms with E-state index in [2.05, 4.69) is 15.0 Å². The number of nitrogen functional groups attached to an aromatic ring is 1. The molecule has 0 amide bonds. The maximum Gasteiger partial charge on any atom is 0.253 e. The summed E-state index contributed by atoms with van der Waals surface area (Å²) in [6.07, 6.45) is 1.39. The zero-order chi connectivity index (χ0) is 11.5. The minimum atomic E-state index is -0.258. The van der Waals surface area contributed by atoms with Gasteiger partial charge in [0.2, 0.25) is 0 Å². The Kier molecular flexibility index (Phi) is 2.95. The highest BCUT2D eigenvalue weighted by Crippen LogP contribution is 2.19. The second-order valence-electron chi connectivity index (χ2n) is 3.12. The van der Waals surface area contributed by atoms with Gasteiger partial charge in [-0.05, 0) is 6.92 Å². The molecule has 84 valence electrons. The molecular formula is C9H10N4O2S. The Morgan fingerprint density at radius 1 is 1.62 bits per heavy atom. The van der Waals surface area contributed by atoms with Crippen molar-refractivity contribution >= 4 is 17.6 Å². The highest BCUT2D eigenvalue weighted by atomic mass is 32.2. The predicted octanol–water partition coefficient (Wildman–Crippen LogP) is 0.941. The van der Waals surface area contributed by atoms with Crippen LogP contribution in [0.1, 0.15) is 11.5 Å². The van der Waals surface area contributed by atoms with Gasteiger partial charge in [-0.1, -0.05) is 11.8 Å². The van der Waals surface area contributed by atoms with Crippen molar-refractivity contribution in [2.24, 2.45) is 0 Å². The standard InChI is InChI=1S/C9H10N4O2S/c1-5-6(11-4-15-5)3-16-9-12-7(10)2-8(14)13-9/h2,4H,3H2,1H3,(H3,10,12,13,14). The van der Waals surface area contributed by atoms with Gasteiger partial charge < -0.3 is 15.1 Å². The fraction of sp³-hybridized carbons (Fsp3) is 0.222. The van der Waals surface area contributed by atoms with Crippen molar-refractivity contribution in [3.63, 3.8) is 0 Å². The van der Waals surface area contributed by atoms with Gasteiger partial charge in [-0.2, -0.15) is 0 Å². The van der Waals surface area contributed by atoms with E-state index in [-0.39, 0.29) is 11.4 Å². The third-order valence-corrected chi connectivity index (χ3v) is 2.81. The summed E-state index contributed by atoms with van der Waals surface area (Å²) in [7, 11) is 0. The fourth-order valence-corrected chi connectivity index (χ4v) is 2.02. The number of aryl methyl sites for hydroxylation is 1. The minimum Gasteiger partial charge on any atom is -0.448 e. The Balaban J connectivity index is 2.10. The lowest BCUT2D eigenvalue weighted by molar-refractivity contribution is 0.525. The average Bonchev–Trinajstić information content (AvgIpc) is 2.59. The third-order valence-electron chi connectivity index (χ3n) is 1.93. The molecule has 2 aromatic heterocycles. The molecule has 0 unspecified atom stereocenters. The lowest BCUT2D eigenvalue weighted by Crippen LogP contribution is -2.09. The summed E-state index contributed by atoms with van der Waals surface area (Å²) in [5.41, 5.74) is 6.03. The molecule has 0 fully saturated rings. The van der Waals surface area contributed by atoms with Crippen LogP contribution in [0.3, 0.4) is 0 Å². The molecule has 0 spiro atoms. The number of oxazole rings is 1. The molecule has 2 aromatic rings. The van der Waals surface area contributed by atoms with Crippen molar-refractivity contribution in [2.45, 2.75) is 17.8 Å². The molecular weight excluding hydrogens is 228 g/mol. The first kappa shape index (κ1) is 10.7. The number of hydrogen-bond donors (Lipinski definition) is 2. The number of aromatic amines is 1. The van der Waals surface area contributed by atoms with Crippen LogP contribution in [0.15, 0.2) is 26.8 Å². The zero-order valence-electron chi connectivity index (χ0n) is 8.56. The molecule has 6 nitrogen and oxygen atoms in total. The molecule has 0 aromatic carbocycles. The van der Waals surface area contributed by atoms with Gasteiger partial charge >= 0.3 is 0 Å². The van der Waals surface area contributed by atoms with Crippen molar-refractivity contribution in [2.75, 3.05) is 5.73 Å². The number of nitrogens with one attached hydrogen (secondary N) is 1. The SMILES string of the molecule is Cc1ocnc1CSc1nc(N)cc(=O)[nH]1. The maximum atomic E-state index is 11.1. The van der Waals surface area contributed by atoms with Gasteiger partial charge in [-0.15, -0.1) is 0 Å². The minimum absolute atomic E-state index is 0.211. The van der Waals surface area contributed by atoms with Crippen molar-refractivity contribution < 1.29 is 4.42 Å². The fourth-order valence-electron chi connectivity index (χ4n) is 1.13. The van der Waals surface area contributed by atoms with E-state index in [4.69, 9.17) is 10.2 Å². The van der Waals surface area contributed by atoms with Gasteiger partial charge in [-0.3, -0.25) is 4.79 Å². The average molecular weight is 238 g/mol. The molecule has 0 saturated carbocycles. The second-order valence-corrected chi connectivity index (χ2v) is 4.08. The quantitative estimate of drug-likeness (QED) is 0.610. The molecule has 0 aliphatic carbocycles. The number of nitrogens with zero attached hydrogens (tertiary/aromatic N) is 2. The number of nitrogens with two attached hydrogens (primary N) is 1. The summed E-state index contributed by atoms with van der Waals surface area (Å²) in [6.45, 7) is 1.83. The molecule has 7 heteroatoms. The summed E-state index contributed by atoms with van der Waals surface area (Å²) < 4.78 is 5.06. The largest absolute Gasteiger partial charge is 0.448 e. The van der Waals surface area contributed by atoms with E-state index in [1.807, 2.05) is 6.92 Å². The lowest BCUT2D eigenvalue weighted by atomic mass is 10.4. The second kappa shape index (κ2) is 4.40. The number of hydrogen-bond acceptors (Lipinski definition) is 6. The number of H-pyrrole nitrogens is 1. The summed E-state index contributed by atoms with van der Waals surface area (Å²) in [4.78, 5) is 21.7. The normalized spacial score (nSPS) is 10.6. The summed E-state index contributed by atoms with van der Waals surface area (Å²) >= 11 is 1.35. The molecule has 0 radical (unpaired) electrons. The van der Waals surface area contributed by atoms with Crippen molar-refractivity contribution in [3.05, 3.63) is 34.3 Å². The van der Waals surface area contributed by atoms with Gasteiger partial charge in [-0.25, -0.2) is 9.97 Å². The van der Waals surface area contributed by atoms with Gasteiger partial charge in [0.05, 0.1) is 5.69 Å². The van der Waals surface area contributed by atoms with Crippen molar-refractivity contribution in [1.82, 2.24) is 15.0 Å². The highest BCUT2D eigenvalue weighted by Gasteiger charge is 2.05. The molecule has 2 heterocycles. The molecule has 0 aliphatic rings. The lowest BCUT2D eigenvalue weighted by Gasteiger charge is -1.99. The topological polar surface area (TPSA) is 97.8 Å². The van der Waals surface area contributed by atoms with Crippen molar-refractivity contribution in [1.29, 1.82) is 0 Å². The van der Waals surface area contributed by atoms with Crippen LogP contribution in [0.25, 0.3) is 0 Å². The Hall–Kier alpha value is -1.76. The molecule has 2 rings (SSSR count). The Morgan fingerprint density at radius 2 is 2.44 bits per heavy atom. The Morgan fingerprint density at radius 3 is 3.06 bits per heavy atom. The summed E-state index contributed by atoms with van der Waals surface area (Å²) in [6, 6.07) is 1.24. The Labute approximate surface area is 95.3 Å². The molecule has 0 bridgehead atoms. The van der Waals surface area contributed by atoms with Crippen LogP contribution in [0, 0.1) is 6.92 Å². The number of anilines is 1. The molecule has 0 atom stereocenters. The predicted molar refractivity (Wildman–Crippen MR) is 60.1 cm³/mol. The maximum absolute atomic E-state index is 11.1. The molecule has 16 heavy (non-hydrogen) atoms. The summed E-state index contributed by atoms with van der Waals surface area (Å²) in [5, 5.41) is 0.479. The van der Waals surface area contributed by atoms with Crippen LogP contribution in [0.2, 0.25) is 0 Å². The van der Waals surface area contributed by atoms with Crippen LogP contribution in [0.5, 0.6) is 0 Å². The van der Waals surface area contributed by atoms with E-state index in [0.29, 0.717) is 10.9 Å². The zero-order valence-corrected chi connectivity index (χ0v) is 9.37. The van der Waals surface area contributed by atoms with E-state index < -0.39 is 0 Å². The van der Waals surface area contributed by atoms with Gasteiger partial charge in [0.15, 0.2) is 11.6 Å². The van der Waals surface area contributed by atoms with E-state index in [0.717, 1.165) is 11.5 Å². The van der Waals surface area contributed by atoms with Gasteiger partial charge in [0.25, 0.3) is 5.56 Å². The first-order valence-electron chi connectivity index (χ1n) is 4.54. The summed E-state index contributed by atoms with van der Waals surface area (Å²) in [5.74, 6) is 1.55. The van der Waals surface area contributed by atoms with Crippen molar-refractivity contribution in [3.8, 4) is 0 Å². The van der Waals surface area contributed by atoms with Gasteiger partial charge in [0, 0.05) is 11.8 Å². The smallest absolute Gasteiger partial charge is 0.253 e. The van der Waals surface area contributed by atoms with Gasteiger partial charge in [0.1, 0.15) is 11.6 Å². The number of aromatic nitrogens is 3. The van der Waals surface area contributed by atoms with Crippen LogP contribution in [0.4, 0.5) is 5.82 Å². The van der Waals surface area contributed by atoms with E-state index in [9.17, 15) is 4.79 Å². The van der Waals surface area contributed by atoms with Crippen LogP contribution in [-0.4, -0.2) is 15.0 Å². The third kappa shape index (κ3) is 2.43. The van der Waals surface area contributed by atoms with Crippen LogP contribution >= 0.6 is 11.8 Å². The number of rotatable bonds is 3. The first-order chi connectivity index (χ1) is 7.65. The van der Waals surface area contributed by atoms with E-state index in [1.54, 1.807) is 0 Å². The monoisotopic (exact) mass is 238 g/mol. The Bertz CT molecular complexity index is 548.